The number of nitrogens with one attached hydrogen (secondary N) is 2. The fraction of sp³-hybridized carbons (Fsp3) is 0.579. The lowest BCUT2D eigenvalue weighted by Gasteiger charge is -2.30. The Hall–Kier alpha value is -2.42. The molecule has 28 heavy (non-hydrogen) atoms. The van der Waals surface area contributed by atoms with E-state index in [9.17, 15) is 19.2 Å². The van der Waals surface area contributed by atoms with Crippen LogP contribution in [0, 0.1) is 5.92 Å². The van der Waals surface area contributed by atoms with Gasteiger partial charge in [0.15, 0.2) is 6.61 Å². The summed E-state index contributed by atoms with van der Waals surface area (Å²) in [5, 5.41) is 7.05. The lowest BCUT2D eigenvalue weighted by molar-refractivity contribution is -0.154. The first-order valence-corrected chi connectivity index (χ1v) is 10.4. The first-order valence-electron chi connectivity index (χ1n) is 9.48. The van der Waals surface area contributed by atoms with Crippen LogP contribution in [0.15, 0.2) is 17.5 Å². The van der Waals surface area contributed by atoms with E-state index in [0.29, 0.717) is 37.4 Å². The van der Waals surface area contributed by atoms with Crippen LogP contribution in [-0.4, -0.2) is 60.9 Å². The number of ether oxygens (including phenoxy) is 1. The number of rotatable bonds is 8. The minimum absolute atomic E-state index is 0.0171. The van der Waals surface area contributed by atoms with Crippen LogP contribution in [0.1, 0.15) is 42.8 Å². The second-order valence-electron chi connectivity index (χ2n) is 6.73. The van der Waals surface area contributed by atoms with Crippen molar-refractivity contribution in [3.8, 4) is 0 Å². The lowest BCUT2D eigenvalue weighted by Crippen LogP contribution is -2.46. The SMILES string of the molecule is CCCNC(=O)[C@H](C)NC(=O)COC(=O)C1CCN(C(=O)c2cccs2)CC1. The molecular weight excluding hydrogens is 382 g/mol. The molecule has 0 unspecified atom stereocenters. The normalized spacial score (nSPS) is 15.6. The zero-order chi connectivity index (χ0) is 20.5. The van der Waals surface area contributed by atoms with Gasteiger partial charge in [-0.05, 0) is 37.6 Å². The van der Waals surface area contributed by atoms with E-state index in [1.165, 1.54) is 11.3 Å². The average Bonchev–Trinajstić information content (AvgIpc) is 3.24. The molecule has 8 nitrogen and oxygen atoms in total. The molecule has 0 aromatic carbocycles. The molecule has 1 aliphatic heterocycles. The smallest absolute Gasteiger partial charge is 0.309 e. The van der Waals surface area contributed by atoms with Crippen LogP contribution in [0.5, 0.6) is 0 Å². The highest BCUT2D eigenvalue weighted by Crippen LogP contribution is 2.21. The number of piperidine rings is 1. The second kappa shape index (κ2) is 10.8. The van der Waals surface area contributed by atoms with E-state index >= 15 is 0 Å². The number of hydrogen-bond acceptors (Lipinski definition) is 6. The minimum atomic E-state index is -0.691. The Kier molecular flexibility index (Phi) is 8.43. The molecule has 0 radical (unpaired) electrons. The molecule has 2 N–H and O–H groups in total. The van der Waals surface area contributed by atoms with E-state index in [4.69, 9.17) is 4.74 Å². The van der Waals surface area contributed by atoms with Crippen LogP contribution < -0.4 is 10.6 Å². The Balaban J connectivity index is 1.69. The third-order valence-electron chi connectivity index (χ3n) is 4.51. The number of nitrogens with zero attached hydrogens (tertiary/aromatic N) is 1. The molecule has 154 valence electrons. The topological polar surface area (TPSA) is 105 Å². The van der Waals surface area contributed by atoms with E-state index in [2.05, 4.69) is 10.6 Å². The summed E-state index contributed by atoms with van der Waals surface area (Å²) in [6.45, 7) is 4.60. The molecule has 1 aromatic rings. The Labute approximate surface area is 168 Å². The summed E-state index contributed by atoms with van der Waals surface area (Å²) < 4.78 is 5.09. The molecule has 1 atom stereocenters. The van der Waals surface area contributed by atoms with Gasteiger partial charge in [-0.2, -0.15) is 0 Å². The maximum Gasteiger partial charge on any atom is 0.309 e. The number of hydrogen-bond donors (Lipinski definition) is 2. The van der Waals surface area contributed by atoms with Gasteiger partial charge in [0.05, 0.1) is 10.8 Å². The van der Waals surface area contributed by atoms with Gasteiger partial charge < -0.3 is 20.3 Å². The van der Waals surface area contributed by atoms with Gasteiger partial charge in [0.25, 0.3) is 11.8 Å². The summed E-state index contributed by atoms with van der Waals surface area (Å²) in [5.74, 6) is -1.58. The van der Waals surface area contributed by atoms with Crippen LogP contribution in [0.25, 0.3) is 0 Å². The Morgan fingerprint density at radius 1 is 1.29 bits per heavy atom. The fourth-order valence-electron chi connectivity index (χ4n) is 2.88. The molecule has 2 heterocycles. The zero-order valence-electron chi connectivity index (χ0n) is 16.2. The maximum atomic E-state index is 12.3. The van der Waals surface area contributed by atoms with Gasteiger partial charge in [-0.3, -0.25) is 19.2 Å². The minimum Gasteiger partial charge on any atom is -0.455 e. The molecule has 1 saturated heterocycles. The van der Waals surface area contributed by atoms with Crippen molar-refractivity contribution >= 4 is 35.0 Å². The predicted molar refractivity (Wildman–Crippen MR) is 105 cm³/mol. The van der Waals surface area contributed by atoms with Crippen molar-refractivity contribution in [3.63, 3.8) is 0 Å². The molecule has 1 aliphatic rings. The van der Waals surface area contributed by atoms with Gasteiger partial charge in [-0.25, -0.2) is 0 Å². The highest BCUT2D eigenvalue weighted by Gasteiger charge is 2.29. The van der Waals surface area contributed by atoms with Crippen LogP contribution in [0.4, 0.5) is 0 Å². The molecule has 9 heteroatoms. The molecule has 1 fully saturated rings. The highest BCUT2D eigenvalue weighted by molar-refractivity contribution is 7.12. The summed E-state index contributed by atoms with van der Waals surface area (Å²) in [6.07, 6.45) is 1.82. The third-order valence-corrected chi connectivity index (χ3v) is 5.37. The van der Waals surface area contributed by atoms with Crippen molar-refractivity contribution in [2.45, 2.75) is 39.2 Å². The monoisotopic (exact) mass is 409 g/mol. The molecule has 2 rings (SSSR count). The molecular formula is C19H27N3O5S. The summed E-state index contributed by atoms with van der Waals surface area (Å²) in [7, 11) is 0. The van der Waals surface area contributed by atoms with Crippen LogP contribution in [0.2, 0.25) is 0 Å². The Morgan fingerprint density at radius 3 is 2.61 bits per heavy atom. The molecule has 3 amide bonds. The average molecular weight is 410 g/mol. The number of carbonyl (C=O) groups is 4. The molecule has 1 aromatic heterocycles. The van der Waals surface area contributed by atoms with E-state index < -0.39 is 24.5 Å². The van der Waals surface area contributed by atoms with Crippen molar-refractivity contribution in [2.75, 3.05) is 26.2 Å². The van der Waals surface area contributed by atoms with Crippen LogP contribution in [0.3, 0.4) is 0 Å². The zero-order valence-corrected chi connectivity index (χ0v) is 17.0. The van der Waals surface area contributed by atoms with Gasteiger partial charge in [0.1, 0.15) is 6.04 Å². The van der Waals surface area contributed by atoms with Gasteiger partial charge in [0.2, 0.25) is 5.91 Å². The third kappa shape index (κ3) is 6.33. The van der Waals surface area contributed by atoms with Crippen molar-refractivity contribution in [2.24, 2.45) is 5.92 Å². The standard InChI is InChI=1S/C19H27N3O5S/c1-3-8-20-17(24)13(2)21-16(23)12-27-19(26)14-6-9-22(10-7-14)18(25)15-5-4-11-28-15/h4-5,11,13-14H,3,6-10,12H2,1-2H3,(H,20,24)(H,21,23)/t13-/m0/s1. The first-order chi connectivity index (χ1) is 13.4. The van der Waals surface area contributed by atoms with Gasteiger partial charge in [-0.15, -0.1) is 11.3 Å². The number of likely N-dealkylation sites (tertiary alicyclic amines) is 1. The number of carbonyl (C=O) groups excluding carboxylic acids is 4. The quantitative estimate of drug-likeness (QED) is 0.627. The highest BCUT2D eigenvalue weighted by atomic mass is 32.1. The molecule has 0 bridgehead atoms. The van der Waals surface area contributed by atoms with Crippen molar-refractivity contribution in [1.29, 1.82) is 0 Å². The van der Waals surface area contributed by atoms with Crippen LogP contribution >= 0.6 is 11.3 Å². The summed E-state index contributed by atoms with van der Waals surface area (Å²) in [4.78, 5) is 50.5. The Bertz CT molecular complexity index is 684. The predicted octanol–water partition coefficient (Wildman–Crippen LogP) is 1.17. The fourth-order valence-corrected chi connectivity index (χ4v) is 3.57. The summed E-state index contributed by atoms with van der Waals surface area (Å²) in [6, 6.07) is 2.93. The maximum absolute atomic E-state index is 12.3. The van der Waals surface area contributed by atoms with E-state index in [-0.39, 0.29) is 17.7 Å². The molecule has 0 aliphatic carbocycles. The van der Waals surface area contributed by atoms with Crippen LogP contribution in [-0.2, 0) is 19.1 Å². The van der Waals surface area contributed by atoms with Crippen molar-refractivity contribution in [1.82, 2.24) is 15.5 Å². The van der Waals surface area contributed by atoms with Crippen molar-refractivity contribution < 1.29 is 23.9 Å². The number of esters is 1. The van der Waals surface area contributed by atoms with E-state index in [0.717, 1.165) is 6.42 Å². The van der Waals surface area contributed by atoms with E-state index in [1.54, 1.807) is 17.9 Å². The van der Waals surface area contributed by atoms with Gasteiger partial charge in [-0.1, -0.05) is 13.0 Å². The first kappa shape index (κ1) is 21.9. The summed E-state index contributed by atoms with van der Waals surface area (Å²) in [5.41, 5.74) is 0. The number of thiophene rings is 1. The second-order valence-corrected chi connectivity index (χ2v) is 7.68. The Morgan fingerprint density at radius 2 is 2.00 bits per heavy atom. The summed E-state index contributed by atoms with van der Waals surface area (Å²) >= 11 is 1.40. The lowest BCUT2D eigenvalue weighted by atomic mass is 9.97. The van der Waals surface area contributed by atoms with Gasteiger partial charge >= 0.3 is 5.97 Å². The number of amides is 3. The van der Waals surface area contributed by atoms with Crippen molar-refractivity contribution in [3.05, 3.63) is 22.4 Å². The van der Waals surface area contributed by atoms with E-state index in [1.807, 2.05) is 18.4 Å². The molecule has 0 spiro atoms. The molecule has 0 saturated carbocycles. The largest absolute Gasteiger partial charge is 0.455 e. The van der Waals surface area contributed by atoms with Gasteiger partial charge in [0, 0.05) is 19.6 Å².